The quantitative estimate of drug-likeness (QED) is 0.774. The first-order chi connectivity index (χ1) is 10.0. The van der Waals surface area contributed by atoms with Gasteiger partial charge in [0.25, 0.3) is 0 Å². The van der Waals surface area contributed by atoms with E-state index in [4.69, 9.17) is 23.2 Å². The van der Waals surface area contributed by atoms with Crippen molar-refractivity contribution in [3.05, 3.63) is 39.9 Å². The maximum absolute atomic E-state index is 13.4. The lowest BCUT2D eigenvalue weighted by atomic mass is 10.2. The average Bonchev–Trinajstić information content (AvgIpc) is 2.45. The van der Waals surface area contributed by atoms with Gasteiger partial charge in [-0.15, -0.1) is 0 Å². The van der Waals surface area contributed by atoms with Crippen LogP contribution in [0.3, 0.4) is 0 Å². The summed E-state index contributed by atoms with van der Waals surface area (Å²) >= 11 is 11.6. The summed E-state index contributed by atoms with van der Waals surface area (Å²) in [5, 5.41) is 6.21. The van der Waals surface area contributed by atoms with Gasteiger partial charge in [0.2, 0.25) is 0 Å². The summed E-state index contributed by atoms with van der Waals surface area (Å²) in [6.07, 6.45) is 2.45. The number of benzene rings is 1. The summed E-state index contributed by atoms with van der Waals surface area (Å²) < 4.78 is 13.4. The number of rotatable bonds is 5. The summed E-state index contributed by atoms with van der Waals surface area (Å²) in [6, 6.07) is 2.92. The van der Waals surface area contributed by atoms with Gasteiger partial charge in [-0.2, -0.15) is 0 Å². The molecule has 2 N–H and O–H groups in total. The highest BCUT2D eigenvalue weighted by Crippen LogP contribution is 2.30. The number of halogens is 3. The van der Waals surface area contributed by atoms with Crippen LogP contribution in [0.2, 0.25) is 10.0 Å². The second kappa shape index (κ2) is 6.91. The van der Waals surface area contributed by atoms with Gasteiger partial charge in [-0.05, 0) is 25.5 Å². The number of nitrogens with one attached hydrogen (secondary N) is 2. The van der Waals surface area contributed by atoms with Crippen molar-refractivity contribution in [2.45, 2.75) is 20.3 Å². The first-order valence-electron chi connectivity index (χ1n) is 6.50. The highest BCUT2D eigenvalue weighted by molar-refractivity contribution is 6.35. The lowest BCUT2D eigenvalue weighted by Crippen LogP contribution is -2.07. The van der Waals surface area contributed by atoms with Crippen molar-refractivity contribution >= 4 is 40.5 Å². The van der Waals surface area contributed by atoms with Gasteiger partial charge in [-0.25, -0.2) is 14.4 Å². The fourth-order valence-corrected chi connectivity index (χ4v) is 2.25. The molecule has 1 aromatic heterocycles. The third-order valence-corrected chi connectivity index (χ3v) is 3.42. The van der Waals surface area contributed by atoms with Gasteiger partial charge < -0.3 is 10.6 Å². The minimum Gasteiger partial charge on any atom is -0.370 e. The Hall–Kier alpha value is -1.59. The van der Waals surface area contributed by atoms with Crippen LogP contribution < -0.4 is 10.6 Å². The number of hydrogen-bond donors (Lipinski definition) is 2. The minimum atomic E-state index is -0.631. The van der Waals surface area contributed by atoms with E-state index < -0.39 is 5.82 Å². The minimum absolute atomic E-state index is 0.0407. The van der Waals surface area contributed by atoms with Crippen LogP contribution in [0.15, 0.2) is 18.5 Å². The monoisotopic (exact) mass is 328 g/mol. The van der Waals surface area contributed by atoms with E-state index in [-0.39, 0.29) is 10.0 Å². The fraction of sp³-hybridized carbons (Fsp3) is 0.286. The van der Waals surface area contributed by atoms with E-state index in [2.05, 4.69) is 27.5 Å². The average molecular weight is 329 g/mol. The Kier molecular flexibility index (Phi) is 5.20. The molecule has 0 aliphatic rings. The zero-order valence-electron chi connectivity index (χ0n) is 11.7. The van der Waals surface area contributed by atoms with Gasteiger partial charge in [0.1, 0.15) is 18.0 Å². The normalized spacial score (nSPS) is 10.5. The lowest BCUT2D eigenvalue weighted by Gasteiger charge is -2.13. The molecule has 0 aliphatic heterocycles. The number of hydrogen-bond acceptors (Lipinski definition) is 4. The molecule has 0 radical (unpaired) electrons. The van der Waals surface area contributed by atoms with Crippen molar-refractivity contribution in [1.82, 2.24) is 9.97 Å². The van der Waals surface area contributed by atoms with E-state index in [0.717, 1.165) is 24.3 Å². The molecule has 0 aliphatic carbocycles. The van der Waals surface area contributed by atoms with Crippen LogP contribution in [0.1, 0.15) is 18.9 Å². The summed E-state index contributed by atoms with van der Waals surface area (Å²) in [7, 11) is 0. The maximum Gasteiger partial charge on any atom is 0.160 e. The Labute approximate surface area is 132 Å². The van der Waals surface area contributed by atoms with Crippen LogP contribution in [0.25, 0.3) is 0 Å². The molecule has 7 heteroatoms. The first-order valence-corrected chi connectivity index (χ1v) is 7.25. The van der Waals surface area contributed by atoms with Gasteiger partial charge in [-0.1, -0.05) is 30.1 Å². The molecule has 0 fully saturated rings. The highest BCUT2D eigenvalue weighted by Gasteiger charge is 2.10. The fourth-order valence-electron chi connectivity index (χ4n) is 1.76. The van der Waals surface area contributed by atoms with Gasteiger partial charge >= 0.3 is 0 Å². The van der Waals surface area contributed by atoms with Gasteiger partial charge in [0, 0.05) is 17.8 Å². The number of anilines is 3. The molecule has 1 aromatic carbocycles. The van der Waals surface area contributed by atoms with Crippen molar-refractivity contribution in [2.24, 2.45) is 0 Å². The van der Waals surface area contributed by atoms with Crippen LogP contribution in [0, 0.1) is 12.7 Å². The van der Waals surface area contributed by atoms with E-state index in [9.17, 15) is 4.39 Å². The zero-order chi connectivity index (χ0) is 15.4. The van der Waals surface area contributed by atoms with Crippen LogP contribution in [0.5, 0.6) is 0 Å². The maximum atomic E-state index is 13.4. The summed E-state index contributed by atoms with van der Waals surface area (Å²) in [4.78, 5) is 8.37. The van der Waals surface area contributed by atoms with Crippen LogP contribution in [0.4, 0.5) is 21.7 Å². The van der Waals surface area contributed by atoms with Crippen LogP contribution in [-0.4, -0.2) is 16.5 Å². The molecule has 4 nitrogen and oxygen atoms in total. The summed E-state index contributed by atoms with van der Waals surface area (Å²) in [6.45, 7) is 4.80. The molecular weight excluding hydrogens is 314 g/mol. The Morgan fingerprint density at radius 2 is 1.76 bits per heavy atom. The zero-order valence-corrected chi connectivity index (χ0v) is 13.2. The van der Waals surface area contributed by atoms with Crippen LogP contribution in [-0.2, 0) is 0 Å². The molecule has 2 aromatic rings. The summed E-state index contributed by atoms with van der Waals surface area (Å²) in [5.41, 5.74) is 1.43. The Bertz CT molecular complexity index is 626. The standard InChI is InChI=1S/C14H15Cl2FN4/c1-3-4-18-13-8(2)14(20-7-19-13)21-9-5-10(15)12(17)11(16)6-9/h5-7H,3-4H2,1-2H3,(H2,18,19,20,21). The second-order valence-electron chi connectivity index (χ2n) is 4.50. The van der Waals surface area contributed by atoms with Gasteiger partial charge in [-0.3, -0.25) is 0 Å². The molecule has 0 saturated heterocycles. The van der Waals surface area contributed by atoms with Crippen molar-refractivity contribution in [2.75, 3.05) is 17.2 Å². The highest BCUT2D eigenvalue weighted by atomic mass is 35.5. The molecule has 21 heavy (non-hydrogen) atoms. The molecule has 0 amide bonds. The van der Waals surface area contributed by atoms with E-state index in [1.807, 2.05) is 6.92 Å². The predicted molar refractivity (Wildman–Crippen MR) is 85.3 cm³/mol. The largest absolute Gasteiger partial charge is 0.370 e. The Balaban J connectivity index is 2.27. The van der Waals surface area contributed by atoms with E-state index >= 15 is 0 Å². The molecule has 0 saturated carbocycles. The van der Waals surface area contributed by atoms with Crippen molar-refractivity contribution < 1.29 is 4.39 Å². The molecule has 0 unspecified atom stereocenters. The van der Waals surface area contributed by atoms with Crippen molar-refractivity contribution in [3.8, 4) is 0 Å². The predicted octanol–water partition coefficient (Wildman–Crippen LogP) is 4.80. The second-order valence-corrected chi connectivity index (χ2v) is 5.32. The van der Waals surface area contributed by atoms with Crippen molar-refractivity contribution in [1.29, 1.82) is 0 Å². The van der Waals surface area contributed by atoms with E-state index in [1.165, 1.54) is 18.5 Å². The topological polar surface area (TPSA) is 49.8 Å². The van der Waals surface area contributed by atoms with Gasteiger partial charge in [0.05, 0.1) is 10.0 Å². The molecule has 0 spiro atoms. The van der Waals surface area contributed by atoms with E-state index in [0.29, 0.717) is 11.5 Å². The molecule has 1 heterocycles. The Morgan fingerprint density at radius 3 is 2.38 bits per heavy atom. The number of nitrogens with zero attached hydrogens (tertiary/aromatic N) is 2. The van der Waals surface area contributed by atoms with Crippen LogP contribution >= 0.6 is 23.2 Å². The Morgan fingerprint density at radius 1 is 1.14 bits per heavy atom. The SMILES string of the molecule is CCCNc1ncnc(Nc2cc(Cl)c(F)c(Cl)c2)c1C. The molecule has 0 atom stereocenters. The van der Waals surface area contributed by atoms with E-state index in [1.54, 1.807) is 0 Å². The summed E-state index contributed by atoms with van der Waals surface area (Å²) in [5.74, 6) is 0.740. The first kappa shape index (κ1) is 15.8. The molecular formula is C14H15Cl2FN4. The van der Waals surface area contributed by atoms with Crippen molar-refractivity contribution in [3.63, 3.8) is 0 Å². The number of aromatic nitrogens is 2. The molecule has 2 rings (SSSR count). The molecule has 112 valence electrons. The lowest BCUT2D eigenvalue weighted by molar-refractivity contribution is 0.629. The third-order valence-electron chi connectivity index (χ3n) is 2.87. The molecule has 0 bridgehead atoms. The van der Waals surface area contributed by atoms with Gasteiger partial charge in [0.15, 0.2) is 5.82 Å². The smallest absolute Gasteiger partial charge is 0.160 e. The third kappa shape index (κ3) is 3.74.